The van der Waals surface area contributed by atoms with E-state index in [1.807, 2.05) is 0 Å². The maximum Gasteiger partial charge on any atom is 0.322 e. The molecule has 3 aliphatic rings. The van der Waals surface area contributed by atoms with Crippen LogP contribution in [-0.4, -0.2) is 28.3 Å². The minimum atomic E-state index is -0.924. The Morgan fingerprint density at radius 1 is 1.28 bits per heavy atom. The van der Waals surface area contributed by atoms with Crippen LogP contribution < -0.4 is 16.4 Å². The number of benzene rings is 1. The fraction of sp³-hybridized carbons (Fsp3) is 0.471. The molecule has 7 nitrogen and oxygen atoms in total. The van der Waals surface area contributed by atoms with Crippen molar-refractivity contribution in [1.82, 2.24) is 15.5 Å². The maximum absolute atomic E-state index is 12.6. The molecule has 1 saturated heterocycles. The van der Waals surface area contributed by atoms with E-state index < -0.39 is 11.6 Å². The van der Waals surface area contributed by atoms with Crippen LogP contribution in [0.2, 0.25) is 5.02 Å². The number of nitrogens with one attached hydrogen (secondary N) is 2. The first kappa shape index (κ1) is 16.2. The first-order valence-corrected chi connectivity index (χ1v) is 8.75. The quantitative estimate of drug-likeness (QED) is 0.558. The highest BCUT2D eigenvalue weighted by Crippen LogP contribution is 2.44. The second-order valence-electron chi connectivity index (χ2n) is 7.05. The topological polar surface area (TPSA) is 105 Å². The molecule has 0 bridgehead atoms. The van der Waals surface area contributed by atoms with E-state index in [1.54, 1.807) is 17.0 Å². The zero-order valence-electron chi connectivity index (χ0n) is 13.6. The second-order valence-corrected chi connectivity index (χ2v) is 7.45. The molecule has 8 heteroatoms. The predicted octanol–water partition coefficient (Wildman–Crippen LogP) is 1.53. The zero-order valence-corrected chi connectivity index (χ0v) is 14.4. The first-order chi connectivity index (χ1) is 11.9. The van der Waals surface area contributed by atoms with E-state index in [9.17, 15) is 14.4 Å². The lowest BCUT2D eigenvalue weighted by atomic mass is 9.88. The van der Waals surface area contributed by atoms with Crippen molar-refractivity contribution in [2.45, 2.75) is 44.3 Å². The van der Waals surface area contributed by atoms with E-state index in [-0.39, 0.29) is 24.2 Å². The number of hydrogen-bond donors (Lipinski definition) is 3. The van der Waals surface area contributed by atoms with Gasteiger partial charge in [-0.2, -0.15) is 0 Å². The van der Waals surface area contributed by atoms with Gasteiger partial charge in [0.2, 0.25) is 5.91 Å². The van der Waals surface area contributed by atoms with E-state index in [4.69, 9.17) is 17.3 Å². The lowest BCUT2D eigenvalue weighted by Gasteiger charge is -2.26. The largest absolute Gasteiger partial charge is 0.398 e. The third kappa shape index (κ3) is 2.72. The van der Waals surface area contributed by atoms with Gasteiger partial charge in [0.1, 0.15) is 5.54 Å². The third-order valence-electron chi connectivity index (χ3n) is 5.37. The molecule has 2 fully saturated rings. The Hall–Kier alpha value is -2.28. The minimum absolute atomic E-state index is 0.0418. The summed E-state index contributed by atoms with van der Waals surface area (Å²) in [5.41, 5.74) is 7.40. The smallest absolute Gasteiger partial charge is 0.322 e. The molecule has 1 aromatic rings. The number of nitrogen functional groups attached to an aromatic ring is 1. The Labute approximate surface area is 149 Å². The number of amides is 4. The van der Waals surface area contributed by atoms with Crippen LogP contribution in [0.5, 0.6) is 0 Å². The standard InChI is InChI=1S/C17H19ClN4O3/c18-12-5-9-7-22(8-10(9)6-13(12)19)14(23)3-4-17(11-1-2-11)15(24)20-16(25)21-17/h5-6,11H,1-4,7-8,19H2,(H2,20,21,24,25)/t17-/m0/s1. The van der Waals surface area contributed by atoms with Crippen LogP contribution in [0.15, 0.2) is 12.1 Å². The monoisotopic (exact) mass is 362 g/mol. The molecule has 4 rings (SSSR count). The van der Waals surface area contributed by atoms with Crippen molar-refractivity contribution >= 4 is 35.1 Å². The number of halogens is 1. The van der Waals surface area contributed by atoms with Crippen molar-refractivity contribution < 1.29 is 14.4 Å². The first-order valence-electron chi connectivity index (χ1n) is 8.37. The summed E-state index contributed by atoms with van der Waals surface area (Å²) < 4.78 is 0. The van der Waals surface area contributed by atoms with E-state index >= 15 is 0 Å². The van der Waals surface area contributed by atoms with Crippen molar-refractivity contribution in [2.24, 2.45) is 5.92 Å². The number of rotatable bonds is 4. The van der Waals surface area contributed by atoms with E-state index in [0.717, 1.165) is 24.0 Å². The number of nitrogens with zero attached hydrogens (tertiary/aromatic N) is 1. The van der Waals surface area contributed by atoms with Crippen LogP contribution in [0.1, 0.15) is 36.8 Å². The molecule has 1 aromatic carbocycles. The van der Waals surface area contributed by atoms with Gasteiger partial charge in [-0.25, -0.2) is 4.79 Å². The van der Waals surface area contributed by atoms with Crippen LogP contribution in [0, 0.1) is 5.92 Å². The molecule has 1 aliphatic carbocycles. The number of carbonyl (C=O) groups is 3. The van der Waals surface area contributed by atoms with Crippen molar-refractivity contribution in [3.8, 4) is 0 Å². The van der Waals surface area contributed by atoms with Gasteiger partial charge in [0, 0.05) is 19.5 Å². The number of fused-ring (bicyclic) bond motifs is 1. The average molecular weight is 363 g/mol. The minimum Gasteiger partial charge on any atom is -0.398 e. The lowest BCUT2D eigenvalue weighted by molar-refractivity contribution is -0.133. The summed E-state index contributed by atoms with van der Waals surface area (Å²) in [4.78, 5) is 38.1. The number of anilines is 1. The Kier molecular flexibility index (Phi) is 3.64. The third-order valence-corrected chi connectivity index (χ3v) is 5.70. The van der Waals surface area contributed by atoms with Gasteiger partial charge in [-0.15, -0.1) is 0 Å². The van der Waals surface area contributed by atoms with Crippen molar-refractivity contribution in [1.29, 1.82) is 0 Å². The predicted molar refractivity (Wildman–Crippen MR) is 91.5 cm³/mol. The summed E-state index contributed by atoms with van der Waals surface area (Å²) >= 11 is 6.04. The van der Waals surface area contributed by atoms with Gasteiger partial charge in [-0.1, -0.05) is 11.6 Å². The highest BCUT2D eigenvalue weighted by molar-refractivity contribution is 6.33. The molecule has 4 N–H and O–H groups in total. The summed E-state index contributed by atoms with van der Waals surface area (Å²) in [6.07, 6.45) is 2.33. The summed E-state index contributed by atoms with van der Waals surface area (Å²) in [7, 11) is 0. The van der Waals surface area contributed by atoms with Gasteiger partial charge < -0.3 is 16.0 Å². The number of hydrogen-bond acceptors (Lipinski definition) is 4. The van der Waals surface area contributed by atoms with E-state index in [0.29, 0.717) is 30.2 Å². The number of imide groups is 1. The molecule has 4 amide bonds. The molecule has 0 radical (unpaired) electrons. The van der Waals surface area contributed by atoms with Gasteiger partial charge in [0.25, 0.3) is 5.91 Å². The Bertz CT molecular complexity index is 761. The molecule has 0 unspecified atom stereocenters. The van der Waals surface area contributed by atoms with Crippen LogP contribution in [0.4, 0.5) is 10.5 Å². The van der Waals surface area contributed by atoms with Crippen molar-refractivity contribution in [3.05, 3.63) is 28.3 Å². The molecule has 25 heavy (non-hydrogen) atoms. The number of urea groups is 1. The van der Waals surface area contributed by atoms with Crippen LogP contribution in [0.25, 0.3) is 0 Å². The maximum atomic E-state index is 12.6. The highest BCUT2D eigenvalue weighted by atomic mass is 35.5. The molecule has 132 valence electrons. The van der Waals surface area contributed by atoms with E-state index in [2.05, 4.69) is 10.6 Å². The Balaban J connectivity index is 1.43. The van der Waals surface area contributed by atoms with Crippen LogP contribution in [-0.2, 0) is 22.7 Å². The SMILES string of the molecule is Nc1cc2c(cc1Cl)CN(C(=O)CC[C@@]1(C3CC3)NC(=O)NC1=O)C2. The summed E-state index contributed by atoms with van der Waals surface area (Å²) in [5, 5.41) is 5.55. The normalized spacial score (nSPS) is 24.9. The van der Waals surface area contributed by atoms with Gasteiger partial charge in [0.15, 0.2) is 0 Å². The Morgan fingerprint density at radius 2 is 1.96 bits per heavy atom. The zero-order chi connectivity index (χ0) is 17.8. The van der Waals surface area contributed by atoms with Crippen molar-refractivity contribution in [2.75, 3.05) is 5.73 Å². The molecule has 0 spiro atoms. The Morgan fingerprint density at radius 3 is 2.56 bits per heavy atom. The molecular formula is C17H19ClN4O3. The number of nitrogens with two attached hydrogens (primary N) is 1. The summed E-state index contributed by atoms with van der Waals surface area (Å²) in [6.45, 7) is 0.980. The van der Waals surface area contributed by atoms with Crippen LogP contribution >= 0.6 is 11.6 Å². The van der Waals surface area contributed by atoms with Crippen molar-refractivity contribution in [3.63, 3.8) is 0 Å². The molecule has 2 heterocycles. The summed E-state index contributed by atoms with van der Waals surface area (Å²) in [5.74, 6) is -0.224. The van der Waals surface area contributed by atoms with Crippen LogP contribution in [0.3, 0.4) is 0 Å². The van der Waals surface area contributed by atoms with Gasteiger partial charge in [-0.05, 0) is 48.4 Å². The fourth-order valence-corrected chi connectivity index (χ4v) is 4.01. The summed E-state index contributed by atoms with van der Waals surface area (Å²) in [6, 6.07) is 3.14. The molecule has 1 saturated carbocycles. The number of carbonyl (C=O) groups excluding carboxylic acids is 3. The second kappa shape index (κ2) is 5.62. The average Bonchev–Trinajstić information content (AvgIpc) is 3.27. The van der Waals surface area contributed by atoms with Gasteiger partial charge in [0.05, 0.1) is 10.7 Å². The molecule has 2 aliphatic heterocycles. The molecule has 1 atom stereocenters. The molecular weight excluding hydrogens is 344 g/mol. The van der Waals surface area contributed by atoms with Gasteiger partial charge in [-0.3, -0.25) is 14.9 Å². The van der Waals surface area contributed by atoms with E-state index in [1.165, 1.54) is 0 Å². The lowest BCUT2D eigenvalue weighted by Crippen LogP contribution is -2.49. The van der Waals surface area contributed by atoms with Gasteiger partial charge >= 0.3 is 6.03 Å². The fourth-order valence-electron chi connectivity index (χ4n) is 3.83. The highest BCUT2D eigenvalue weighted by Gasteiger charge is 2.55. The molecule has 0 aromatic heterocycles.